The summed E-state index contributed by atoms with van der Waals surface area (Å²) in [5, 5.41) is 1.25. The van der Waals surface area contributed by atoms with Crippen LogP contribution in [-0.4, -0.2) is 4.98 Å². The van der Waals surface area contributed by atoms with Gasteiger partial charge in [-0.2, -0.15) is 0 Å². The van der Waals surface area contributed by atoms with E-state index in [0.29, 0.717) is 0 Å². The van der Waals surface area contributed by atoms with E-state index in [1.807, 2.05) is 18.3 Å². The van der Waals surface area contributed by atoms with E-state index in [1.165, 1.54) is 14.5 Å². The third kappa shape index (κ3) is 1.31. The molecule has 0 aliphatic carbocycles. The molecule has 0 radical (unpaired) electrons. The first-order chi connectivity index (χ1) is 5.77. The molecule has 0 saturated heterocycles. The van der Waals surface area contributed by atoms with Gasteiger partial charge in [0.2, 0.25) is 0 Å². The van der Waals surface area contributed by atoms with Crippen LogP contribution in [-0.2, 0) is 0 Å². The largest absolute Gasteiger partial charge is 0.256 e. The molecule has 0 saturated carbocycles. The molecule has 1 aromatic carbocycles. The molecule has 0 unspecified atom stereocenters. The molecule has 1 aromatic heterocycles. The Bertz CT molecular complexity index is 423. The standard InChI is InChI=1S/C10H8IN/c1-7-5-8-9(11)3-2-4-10(8)12-6-7/h2-6H,1H3. The van der Waals surface area contributed by atoms with Gasteiger partial charge in [0.05, 0.1) is 5.52 Å². The van der Waals surface area contributed by atoms with Crippen LogP contribution in [0.4, 0.5) is 0 Å². The Morgan fingerprint density at radius 3 is 3.00 bits per heavy atom. The highest BCUT2D eigenvalue weighted by atomic mass is 127. The van der Waals surface area contributed by atoms with Crippen molar-refractivity contribution in [3.05, 3.63) is 39.6 Å². The summed E-state index contributed by atoms with van der Waals surface area (Å²) in [4.78, 5) is 4.34. The Morgan fingerprint density at radius 1 is 1.33 bits per heavy atom. The molecule has 2 aromatic rings. The van der Waals surface area contributed by atoms with E-state index in [0.717, 1.165) is 5.52 Å². The lowest BCUT2D eigenvalue weighted by Crippen LogP contribution is -1.82. The Hall–Kier alpha value is -0.640. The van der Waals surface area contributed by atoms with Crippen molar-refractivity contribution in [2.24, 2.45) is 0 Å². The third-order valence-corrected chi connectivity index (χ3v) is 2.75. The molecule has 0 fully saturated rings. The van der Waals surface area contributed by atoms with E-state index in [9.17, 15) is 0 Å². The summed E-state index contributed by atoms with van der Waals surface area (Å²) in [5.74, 6) is 0. The maximum atomic E-state index is 4.34. The van der Waals surface area contributed by atoms with Gasteiger partial charge in [0.25, 0.3) is 0 Å². The summed E-state index contributed by atoms with van der Waals surface area (Å²) in [6.07, 6.45) is 1.90. The normalized spacial score (nSPS) is 10.5. The maximum absolute atomic E-state index is 4.34. The van der Waals surface area contributed by atoms with Crippen LogP contribution < -0.4 is 0 Å². The summed E-state index contributed by atoms with van der Waals surface area (Å²) >= 11 is 2.33. The minimum Gasteiger partial charge on any atom is -0.256 e. The molecule has 0 amide bonds. The van der Waals surface area contributed by atoms with Gasteiger partial charge in [-0.3, -0.25) is 4.98 Å². The van der Waals surface area contributed by atoms with E-state index >= 15 is 0 Å². The van der Waals surface area contributed by atoms with E-state index < -0.39 is 0 Å². The molecular weight excluding hydrogens is 261 g/mol. The van der Waals surface area contributed by atoms with Gasteiger partial charge in [0, 0.05) is 15.2 Å². The number of aromatic nitrogens is 1. The fourth-order valence-electron chi connectivity index (χ4n) is 1.22. The lowest BCUT2D eigenvalue weighted by molar-refractivity contribution is 1.33. The molecule has 2 heteroatoms. The molecule has 2 rings (SSSR count). The molecule has 0 bridgehead atoms. The summed E-state index contributed by atoms with van der Waals surface area (Å²) in [7, 11) is 0. The average Bonchev–Trinajstić information content (AvgIpc) is 2.07. The highest BCUT2D eigenvalue weighted by Crippen LogP contribution is 2.19. The van der Waals surface area contributed by atoms with Crippen molar-refractivity contribution in [1.82, 2.24) is 4.98 Å². The molecule has 0 spiro atoms. The van der Waals surface area contributed by atoms with Gasteiger partial charge in [-0.25, -0.2) is 0 Å². The summed E-state index contributed by atoms with van der Waals surface area (Å²) < 4.78 is 1.27. The second-order valence-corrected chi connectivity index (χ2v) is 3.98. The van der Waals surface area contributed by atoms with Crippen LogP contribution in [0.5, 0.6) is 0 Å². The van der Waals surface area contributed by atoms with E-state index in [-0.39, 0.29) is 0 Å². The number of halogens is 1. The van der Waals surface area contributed by atoms with E-state index in [4.69, 9.17) is 0 Å². The first kappa shape index (κ1) is 7.98. The molecule has 0 aliphatic heterocycles. The summed E-state index contributed by atoms with van der Waals surface area (Å²) in [6.45, 7) is 2.06. The SMILES string of the molecule is Cc1cnc2cccc(I)c2c1. The smallest absolute Gasteiger partial charge is 0.0712 e. The second kappa shape index (κ2) is 3.01. The van der Waals surface area contributed by atoms with E-state index in [1.54, 1.807) is 0 Å². The highest BCUT2D eigenvalue weighted by Gasteiger charge is 1.97. The number of rotatable bonds is 0. The number of fused-ring (bicyclic) bond motifs is 1. The second-order valence-electron chi connectivity index (χ2n) is 2.82. The van der Waals surface area contributed by atoms with Crippen molar-refractivity contribution < 1.29 is 0 Å². The van der Waals surface area contributed by atoms with Gasteiger partial charge >= 0.3 is 0 Å². The van der Waals surface area contributed by atoms with Gasteiger partial charge < -0.3 is 0 Å². The number of hydrogen-bond acceptors (Lipinski definition) is 1. The van der Waals surface area contributed by atoms with Gasteiger partial charge in [0.15, 0.2) is 0 Å². The summed E-state index contributed by atoms with van der Waals surface area (Å²) in [6, 6.07) is 8.34. The molecule has 0 atom stereocenters. The van der Waals surface area contributed by atoms with Crippen molar-refractivity contribution in [3.63, 3.8) is 0 Å². The molecule has 0 aliphatic rings. The number of nitrogens with zero attached hydrogens (tertiary/aromatic N) is 1. The van der Waals surface area contributed by atoms with Crippen LogP contribution in [0.2, 0.25) is 0 Å². The zero-order valence-corrected chi connectivity index (χ0v) is 8.87. The van der Waals surface area contributed by atoms with Crippen molar-refractivity contribution in [3.8, 4) is 0 Å². The lowest BCUT2D eigenvalue weighted by Gasteiger charge is -1.99. The van der Waals surface area contributed by atoms with Crippen LogP contribution in [0.3, 0.4) is 0 Å². The Kier molecular flexibility index (Phi) is 2.00. The minimum atomic E-state index is 1.08. The Morgan fingerprint density at radius 2 is 2.17 bits per heavy atom. The number of benzene rings is 1. The molecule has 12 heavy (non-hydrogen) atoms. The zero-order valence-electron chi connectivity index (χ0n) is 6.71. The van der Waals surface area contributed by atoms with Crippen molar-refractivity contribution >= 4 is 33.5 Å². The van der Waals surface area contributed by atoms with Gasteiger partial charge in [-0.1, -0.05) is 6.07 Å². The zero-order chi connectivity index (χ0) is 8.55. The van der Waals surface area contributed by atoms with Gasteiger partial charge in [-0.15, -0.1) is 0 Å². The molecular formula is C10H8IN. The minimum absolute atomic E-state index is 1.08. The molecule has 0 N–H and O–H groups in total. The van der Waals surface area contributed by atoms with Crippen LogP contribution in [0, 0.1) is 10.5 Å². The van der Waals surface area contributed by atoms with E-state index in [2.05, 4.69) is 46.6 Å². The van der Waals surface area contributed by atoms with Crippen molar-refractivity contribution in [2.45, 2.75) is 6.92 Å². The number of aryl methyl sites for hydroxylation is 1. The Balaban J connectivity index is 2.88. The quantitative estimate of drug-likeness (QED) is 0.669. The van der Waals surface area contributed by atoms with Crippen molar-refractivity contribution in [2.75, 3.05) is 0 Å². The van der Waals surface area contributed by atoms with Gasteiger partial charge in [0.1, 0.15) is 0 Å². The first-order valence-corrected chi connectivity index (χ1v) is 4.86. The monoisotopic (exact) mass is 269 g/mol. The molecule has 1 nitrogen and oxygen atoms in total. The fourth-order valence-corrected chi connectivity index (χ4v) is 1.86. The fraction of sp³-hybridized carbons (Fsp3) is 0.100. The van der Waals surface area contributed by atoms with Gasteiger partial charge in [-0.05, 0) is 53.3 Å². The highest BCUT2D eigenvalue weighted by molar-refractivity contribution is 14.1. The molecule has 1 heterocycles. The van der Waals surface area contributed by atoms with Crippen LogP contribution >= 0.6 is 22.6 Å². The van der Waals surface area contributed by atoms with Crippen LogP contribution in [0.25, 0.3) is 10.9 Å². The Labute approximate surface area is 85.0 Å². The number of pyridine rings is 1. The van der Waals surface area contributed by atoms with Crippen LogP contribution in [0.1, 0.15) is 5.56 Å². The summed E-state index contributed by atoms with van der Waals surface area (Å²) in [5.41, 5.74) is 2.29. The first-order valence-electron chi connectivity index (χ1n) is 3.78. The topological polar surface area (TPSA) is 12.9 Å². The molecule has 60 valence electrons. The van der Waals surface area contributed by atoms with Crippen LogP contribution in [0.15, 0.2) is 30.5 Å². The predicted octanol–water partition coefficient (Wildman–Crippen LogP) is 3.15. The predicted molar refractivity (Wildman–Crippen MR) is 59.2 cm³/mol. The third-order valence-electron chi connectivity index (χ3n) is 1.81. The number of hydrogen-bond donors (Lipinski definition) is 0. The lowest BCUT2D eigenvalue weighted by atomic mass is 10.2. The van der Waals surface area contributed by atoms with Crippen molar-refractivity contribution in [1.29, 1.82) is 0 Å². The average molecular weight is 269 g/mol. The maximum Gasteiger partial charge on any atom is 0.0712 e.